The molecule has 0 bridgehead atoms. The van der Waals surface area contributed by atoms with Gasteiger partial charge >= 0.3 is 5.97 Å². The molecule has 1 aliphatic rings. The summed E-state index contributed by atoms with van der Waals surface area (Å²) >= 11 is 1.26. The van der Waals surface area contributed by atoms with Gasteiger partial charge in [-0.15, -0.1) is 11.8 Å². The van der Waals surface area contributed by atoms with Gasteiger partial charge in [0.05, 0.1) is 28.5 Å². The van der Waals surface area contributed by atoms with Crippen LogP contribution in [-0.2, 0) is 20.7 Å². The van der Waals surface area contributed by atoms with E-state index in [2.05, 4.69) is 0 Å². The van der Waals surface area contributed by atoms with Crippen molar-refractivity contribution in [1.82, 2.24) is 0 Å². The number of carbonyl (C=O) groups is 1. The molecular weight excluding hydrogens is 384 g/mol. The first-order valence-corrected chi connectivity index (χ1v) is 10.5. The van der Waals surface area contributed by atoms with Gasteiger partial charge in [0.15, 0.2) is 0 Å². The molecule has 1 aliphatic heterocycles. The number of aryl methyl sites for hydroxylation is 2. The van der Waals surface area contributed by atoms with Crippen LogP contribution in [0.1, 0.15) is 36.1 Å². The number of benzene rings is 2. The Kier molecular flexibility index (Phi) is 5.95. The molecule has 4 nitrogen and oxygen atoms in total. The molecule has 0 radical (unpaired) electrons. The van der Waals surface area contributed by atoms with Crippen LogP contribution in [0.25, 0.3) is 0 Å². The van der Waals surface area contributed by atoms with Crippen molar-refractivity contribution in [2.24, 2.45) is 5.92 Å². The molecule has 0 amide bonds. The molecular formula is C24H28O4S. The van der Waals surface area contributed by atoms with E-state index in [0.717, 1.165) is 22.3 Å². The third-order valence-electron chi connectivity index (χ3n) is 5.77. The minimum Gasteiger partial charge on any atom is -0.465 e. The Morgan fingerprint density at radius 1 is 0.897 bits per heavy atom. The normalized spacial score (nSPS) is 23.1. The average molecular weight is 413 g/mol. The van der Waals surface area contributed by atoms with Gasteiger partial charge in [-0.3, -0.25) is 0 Å². The first kappa shape index (κ1) is 21.6. The molecule has 1 heterocycles. The summed E-state index contributed by atoms with van der Waals surface area (Å²) in [7, 11) is 1.34. The number of ether oxygens (including phenoxy) is 1. The zero-order chi connectivity index (χ0) is 21.4. The van der Waals surface area contributed by atoms with Gasteiger partial charge in [-0.2, -0.15) is 0 Å². The summed E-state index contributed by atoms with van der Waals surface area (Å²) in [5.74, 6) is -0.956. The van der Waals surface area contributed by atoms with Gasteiger partial charge in [0, 0.05) is 5.92 Å². The second kappa shape index (κ2) is 7.98. The summed E-state index contributed by atoms with van der Waals surface area (Å²) in [6.07, 6.45) is 1.74. The third-order valence-corrected chi connectivity index (χ3v) is 7.34. The van der Waals surface area contributed by atoms with Gasteiger partial charge in [0.2, 0.25) is 0 Å². The number of hydrogen-bond acceptors (Lipinski definition) is 5. The summed E-state index contributed by atoms with van der Waals surface area (Å²) in [5.41, 5.74) is 1.12. The highest BCUT2D eigenvalue weighted by atomic mass is 32.2. The van der Waals surface area contributed by atoms with E-state index in [4.69, 9.17) is 4.74 Å². The molecule has 0 fully saturated rings. The number of thioether (sulfide) groups is 1. The van der Waals surface area contributed by atoms with Gasteiger partial charge in [-0.1, -0.05) is 65.7 Å². The lowest BCUT2D eigenvalue weighted by Gasteiger charge is -2.40. The van der Waals surface area contributed by atoms with E-state index < -0.39 is 28.3 Å². The Labute approximate surface area is 176 Å². The number of rotatable bonds is 5. The first-order chi connectivity index (χ1) is 13.6. The van der Waals surface area contributed by atoms with Crippen molar-refractivity contribution in [1.29, 1.82) is 0 Å². The highest BCUT2D eigenvalue weighted by Gasteiger charge is 2.51. The largest absolute Gasteiger partial charge is 0.465 e. The molecule has 3 rings (SSSR count). The highest BCUT2D eigenvalue weighted by Crippen LogP contribution is 2.52. The summed E-state index contributed by atoms with van der Waals surface area (Å²) in [6, 6.07) is 15.4. The SMILES string of the molecule is COC(=O)C1=C[C@@H]([C@](C)(O)c2ccc(C)cc2)[C@H]([C@@](C)(O)c2ccc(C)cc2)S1. The van der Waals surface area contributed by atoms with Crippen molar-refractivity contribution in [2.75, 3.05) is 7.11 Å². The van der Waals surface area contributed by atoms with E-state index >= 15 is 0 Å². The van der Waals surface area contributed by atoms with Crippen LogP contribution >= 0.6 is 11.8 Å². The van der Waals surface area contributed by atoms with Crippen molar-refractivity contribution in [2.45, 2.75) is 44.1 Å². The van der Waals surface area contributed by atoms with Crippen LogP contribution in [0.2, 0.25) is 0 Å². The third kappa shape index (κ3) is 4.13. The Morgan fingerprint density at radius 2 is 1.34 bits per heavy atom. The highest BCUT2D eigenvalue weighted by molar-refractivity contribution is 8.04. The minimum atomic E-state index is -1.28. The lowest BCUT2D eigenvalue weighted by atomic mass is 9.74. The van der Waals surface area contributed by atoms with Crippen LogP contribution in [0.3, 0.4) is 0 Å². The molecule has 2 aromatic rings. The fraction of sp³-hybridized carbons (Fsp3) is 0.375. The standard InChI is InChI=1S/C24H28O4S/c1-15-6-10-17(11-7-15)23(3,26)19-14-20(22(25)28-5)29-21(19)24(4,27)18-12-8-16(2)9-13-18/h6-14,19,21,26-27H,1-5H3/t19-,21-,23-,24+/m1/s1. The van der Waals surface area contributed by atoms with Crippen molar-refractivity contribution < 1.29 is 19.7 Å². The van der Waals surface area contributed by atoms with E-state index in [1.54, 1.807) is 19.9 Å². The van der Waals surface area contributed by atoms with Crippen LogP contribution in [0, 0.1) is 19.8 Å². The quantitative estimate of drug-likeness (QED) is 0.720. The summed E-state index contributed by atoms with van der Waals surface area (Å²) in [5, 5.41) is 22.6. The van der Waals surface area contributed by atoms with Gasteiger partial charge in [0.1, 0.15) is 0 Å². The zero-order valence-electron chi connectivity index (χ0n) is 17.5. The summed E-state index contributed by atoms with van der Waals surface area (Å²) < 4.78 is 4.91. The van der Waals surface area contributed by atoms with Gasteiger partial charge in [-0.25, -0.2) is 4.79 Å². The Morgan fingerprint density at radius 3 is 1.79 bits per heavy atom. The number of esters is 1. The van der Waals surface area contributed by atoms with E-state index in [-0.39, 0.29) is 0 Å². The monoisotopic (exact) mass is 412 g/mol. The topological polar surface area (TPSA) is 66.8 Å². The van der Waals surface area contributed by atoms with Crippen LogP contribution in [-0.4, -0.2) is 28.5 Å². The molecule has 0 saturated heterocycles. The minimum absolute atomic E-state index is 0.405. The molecule has 0 saturated carbocycles. The smallest absolute Gasteiger partial charge is 0.344 e. The van der Waals surface area contributed by atoms with Gasteiger partial charge in [-0.05, 0) is 38.8 Å². The number of methoxy groups -OCH3 is 1. The number of aliphatic hydroxyl groups is 2. The van der Waals surface area contributed by atoms with Crippen LogP contribution in [0.5, 0.6) is 0 Å². The molecule has 0 aromatic heterocycles. The predicted molar refractivity (Wildman–Crippen MR) is 116 cm³/mol. The number of hydrogen-bond donors (Lipinski definition) is 2. The van der Waals surface area contributed by atoms with Crippen molar-refractivity contribution >= 4 is 17.7 Å². The van der Waals surface area contributed by atoms with Crippen molar-refractivity contribution in [3.63, 3.8) is 0 Å². The average Bonchev–Trinajstić information content (AvgIpc) is 3.15. The molecule has 0 aliphatic carbocycles. The van der Waals surface area contributed by atoms with Gasteiger partial charge < -0.3 is 14.9 Å². The summed E-state index contributed by atoms with van der Waals surface area (Å²) in [6.45, 7) is 7.45. The molecule has 4 atom stereocenters. The summed E-state index contributed by atoms with van der Waals surface area (Å²) in [4.78, 5) is 12.7. The Bertz CT molecular complexity index is 911. The molecule has 154 valence electrons. The molecule has 2 aromatic carbocycles. The lowest BCUT2D eigenvalue weighted by Crippen LogP contribution is -2.45. The fourth-order valence-corrected chi connectivity index (χ4v) is 5.31. The number of carbonyl (C=O) groups excluding carboxylic acids is 1. The first-order valence-electron chi connectivity index (χ1n) is 9.63. The second-order valence-electron chi connectivity index (χ2n) is 8.11. The van der Waals surface area contributed by atoms with Crippen molar-refractivity contribution in [3.05, 3.63) is 81.8 Å². The van der Waals surface area contributed by atoms with Crippen LogP contribution in [0.15, 0.2) is 59.5 Å². The van der Waals surface area contributed by atoms with E-state index in [1.807, 2.05) is 62.4 Å². The molecule has 0 spiro atoms. The van der Waals surface area contributed by atoms with E-state index in [0.29, 0.717) is 4.91 Å². The maximum atomic E-state index is 12.2. The van der Waals surface area contributed by atoms with E-state index in [9.17, 15) is 15.0 Å². The zero-order valence-corrected chi connectivity index (χ0v) is 18.3. The lowest BCUT2D eigenvalue weighted by molar-refractivity contribution is -0.135. The molecule has 29 heavy (non-hydrogen) atoms. The second-order valence-corrected chi connectivity index (χ2v) is 9.30. The van der Waals surface area contributed by atoms with Crippen LogP contribution in [0.4, 0.5) is 0 Å². The molecule has 2 N–H and O–H groups in total. The van der Waals surface area contributed by atoms with Gasteiger partial charge in [0.25, 0.3) is 0 Å². The predicted octanol–water partition coefficient (Wildman–Crippen LogP) is 4.21. The fourth-order valence-electron chi connectivity index (χ4n) is 3.78. The van der Waals surface area contributed by atoms with E-state index in [1.165, 1.54) is 18.9 Å². The maximum absolute atomic E-state index is 12.2. The Balaban J connectivity index is 2.06. The van der Waals surface area contributed by atoms with Crippen molar-refractivity contribution in [3.8, 4) is 0 Å². The van der Waals surface area contributed by atoms with Crippen LogP contribution < -0.4 is 0 Å². The maximum Gasteiger partial charge on any atom is 0.344 e. The molecule has 0 unspecified atom stereocenters. The Hall–Kier alpha value is -2.08. The molecule has 5 heteroatoms.